The van der Waals surface area contributed by atoms with Crippen LogP contribution in [0.1, 0.15) is 38.2 Å². The second-order valence-electron chi connectivity index (χ2n) is 5.28. The lowest BCUT2D eigenvalue weighted by molar-refractivity contribution is -0.144. The van der Waals surface area contributed by atoms with Crippen LogP contribution in [0.25, 0.3) is 0 Å². The molecular formula is C16H22O5P+. The van der Waals surface area contributed by atoms with Crippen LogP contribution in [0, 0.1) is 0 Å². The number of benzene rings is 1. The van der Waals surface area contributed by atoms with E-state index in [-0.39, 0.29) is 12.1 Å². The number of hydrogen-bond acceptors (Lipinski definition) is 5. The maximum Gasteiger partial charge on any atom is 0.332 e. The third-order valence-corrected chi connectivity index (χ3v) is 5.50. The molecular weight excluding hydrogens is 303 g/mol. The summed E-state index contributed by atoms with van der Waals surface area (Å²) in [6.07, 6.45) is 2.45. The average Bonchev–Trinajstić information content (AvgIpc) is 2.94. The first kappa shape index (κ1) is 16.9. The van der Waals surface area contributed by atoms with Crippen molar-refractivity contribution in [1.29, 1.82) is 0 Å². The van der Waals surface area contributed by atoms with Gasteiger partial charge in [-0.25, -0.2) is 9.79 Å². The lowest BCUT2D eigenvalue weighted by atomic mass is 10.2. The van der Waals surface area contributed by atoms with Crippen molar-refractivity contribution in [3.05, 3.63) is 47.2 Å². The van der Waals surface area contributed by atoms with Crippen LogP contribution in [-0.2, 0) is 20.4 Å². The Bertz CT molecular complexity index is 539. The molecule has 0 spiro atoms. The summed E-state index contributed by atoms with van der Waals surface area (Å²) < 4.78 is 10.5. The van der Waals surface area contributed by atoms with Crippen LogP contribution >= 0.6 is 7.72 Å². The fourth-order valence-corrected chi connectivity index (χ4v) is 4.01. The van der Waals surface area contributed by atoms with Crippen molar-refractivity contribution in [2.45, 2.75) is 38.8 Å². The van der Waals surface area contributed by atoms with Crippen molar-refractivity contribution < 1.29 is 24.1 Å². The van der Waals surface area contributed by atoms with Gasteiger partial charge in [-0.1, -0.05) is 43.7 Å². The van der Waals surface area contributed by atoms with Crippen molar-refractivity contribution >= 4 is 13.7 Å². The molecule has 2 N–H and O–H groups in total. The monoisotopic (exact) mass is 325 g/mol. The van der Waals surface area contributed by atoms with Crippen LogP contribution < -0.4 is 0 Å². The summed E-state index contributed by atoms with van der Waals surface area (Å²) in [6.45, 7) is 2.30. The number of carbonyl (C=O) groups is 1. The zero-order valence-corrected chi connectivity index (χ0v) is 13.6. The number of carbonyl (C=O) groups excluding carboxylic acids is 1. The second-order valence-corrected chi connectivity index (χ2v) is 7.60. The Hall–Kier alpha value is -1.42. The molecule has 0 saturated heterocycles. The van der Waals surface area contributed by atoms with Gasteiger partial charge in [-0.3, -0.25) is 4.79 Å². The molecule has 120 valence electrons. The minimum Gasteiger partial charge on any atom is -0.462 e. The van der Waals surface area contributed by atoms with Crippen molar-refractivity contribution in [2.24, 2.45) is 0 Å². The van der Waals surface area contributed by atoms with E-state index in [0.717, 1.165) is 18.4 Å². The molecule has 6 heteroatoms. The molecule has 0 aromatic heterocycles. The molecule has 1 aliphatic rings. The van der Waals surface area contributed by atoms with E-state index >= 15 is 0 Å². The Morgan fingerprint density at radius 2 is 2.05 bits per heavy atom. The summed E-state index contributed by atoms with van der Waals surface area (Å²) >= 11 is 0. The molecule has 5 nitrogen and oxygen atoms in total. The lowest BCUT2D eigenvalue weighted by Gasteiger charge is -2.13. The Morgan fingerprint density at radius 1 is 1.32 bits per heavy atom. The highest BCUT2D eigenvalue weighted by Crippen LogP contribution is 2.64. The van der Waals surface area contributed by atoms with Gasteiger partial charge in [0.1, 0.15) is 6.16 Å². The Labute approximate surface area is 131 Å². The minimum atomic E-state index is -3.37. The molecule has 0 saturated carbocycles. The highest BCUT2D eigenvalue weighted by atomic mass is 31.2. The molecule has 1 aliphatic heterocycles. The second kappa shape index (κ2) is 7.73. The van der Waals surface area contributed by atoms with Crippen LogP contribution in [0.4, 0.5) is 0 Å². The smallest absolute Gasteiger partial charge is 0.332 e. The number of esters is 1. The summed E-state index contributed by atoms with van der Waals surface area (Å²) in [6, 6.07) is 9.24. The van der Waals surface area contributed by atoms with Crippen LogP contribution in [-0.4, -0.2) is 22.4 Å². The van der Waals surface area contributed by atoms with E-state index in [2.05, 4.69) is 0 Å². The highest BCUT2D eigenvalue weighted by Gasteiger charge is 2.46. The van der Waals surface area contributed by atoms with E-state index in [1.807, 2.05) is 37.3 Å². The highest BCUT2D eigenvalue weighted by molar-refractivity contribution is 7.68. The van der Waals surface area contributed by atoms with Gasteiger partial charge >= 0.3 is 19.6 Å². The van der Waals surface area contributed by atoms with Crippen LogP contribution in [0.15, 0.2) is 41.6 Å². The summed E-state index contributed by atoms with van der Waals surface area (Å²) in [5.74, 6) is -0.397. The Kier molecular flexibility index (Phi) is 5.95. The van der Waals surface area contributed by atoms with Crippen molar-refractivity contribution in [1.82, 2.24) is 0 Å². The first-order valence-electron chi connectivity index (χ1n) is 7.47. The first-order valence-corrected chi connectivity index (χ1v) is 9.35. The predicted molar refractivity (Wildman–Crippen MR) is 84.7 cm³/mol. The number of ether oxygens (including phenoxy) is 2. The summed E-state index contributed by atoms with van der Waals surface area (Å²) in [4.78, 5) is 32.6. The first-order chi connectivity index (χ1) is 10.5. The number of rotatable bonds is 7. The predicted octanol–water partition coefficient (Wildman–Crippen LogP) is 3.34. The maximum absolute atomic E-state index is 11.7. The van der Waals surface area contributed by atoms with Crippen LogP contribution in [0.5, 0.6) is 0 Å². The zero-order chi connectivity index (χ0) is 16.0. The van der Waals surface area contributed by atoms with Crippen LogP contribution in [0.2, 0.25) is 0 Å². The topological polar surface area (TPSA) is 76.0 Å². The molecule has 0 amide bonds. The molecule has 0 unspecified atom stereocenters. The largest absolute Gasteiger partial charge is 0.462 e. The molecule has 22 heavy (non-hydrogen) atoms. The maximum atomic E-state index is 11.7. The molecule has 2 rings (SSSR count). The third-order valence-electron chi connectivity index (χ3n) is 3.43. The van der Waals surface area contributed by atoms with E-state index in [0.29, 0.717) is 24.8 Å². The van der Waals surface area contributed by atoms with Gasteiger partial charge in [-0.15, -0.1) is 0 Å². The Morgan fingerprint density at radius 3 is 2.73 bits per heavy atom. The van der Waals surface area contributed by atoms with Gasteiger partial charge in [0.2, 0.25) is 5.31 Å². The molecule has 1 heterocycles. The summed E-state index contributed by atoms with van der Waals surface area (Å²) in [5.41, 5.74) is 0.830. The van der Waals surface area contributed by atoms with E-state index in [9.17, 15) is 14.6 Å². The lowest BCUT2D eigenvalue weighted by Crippen LogP contribution is -2.07. The van der Waals surface area contributed by atoms with Gasteiger partial charge in [0.25, 0.3) is 0 Å². The third kappa shape index (κ3) is 4.54. The number of unbranched alkanes of at least 4 members (excludes halogenated alkanes) is 1. The molecule has 1 aromatic rings. The van der Waals surface area contributed by atoms with E-state index in [4.69, 9.17) is 9.47 Å². The normalized spacial score (nSPS) is 14.9. The minimum absolute atomic E-state index is 0.00429. The van der Waals surface area contributed by atoms with Gasteiger partial charge in [-0.05, 0) is 12.0 Å². The molecule has 0 fully saturated rings. The quantitative estimate of drug-likeness (QED) is 0.594. The molecule has 0 bridgehead atoms. The fraction of sp³-hybridized carbons (Fsp3) is 0.438. The van der Waals surface area contributed by atoms with Gasteiger partial charge in [0.15, 0.2) is 0 Å². The molecule has 0 radical (unpaired) electrons. The standard InChI is InChI=1S/C16H22O5P/c1-2-3-9-15(17)21-16-14(10-11-20-16)22(18,19)12-13-7-5-4-6-8-13/h4-8,18-19H,2-3,9-12H2,1H3/q+1. The number of hydrogen-bond donors (Lipinski definition) is 2. The van der Waals surface area contributed by atoms with E-state index in [1.54, 1.807) is 0 Å². The summed E-state index contributed by atoms with van der Waals surface area (Å²) in [5, 5.41) is 0.334. The van der Waals surface area contributed by atoms with Gasteiger partial charge in [-0.2, -0.15) is 0 Å². The molecule has 0 atom stereocenters. The average molecular weight is 325 g/mol. The fourth-order valence-electron chi connectivity index (χ4n) is 2.25. The van der Waals surface area contributed by atoms with Gasteiger partial charge < -0.3 is 9.47 Å². The SMILES string of the molecule is CCCCC(=O)OC1=C([P+](O)(O)Cc2ccccc2)CCO1. The Balaban J connectivity index is 2.09. The zero-order valence-electron chi connectivity index (χ0n) is 12.7. The van der Waals surface area contributed by atoms with Gasteiger partial charge in [0, 0.05) is 6.42 Å². The summed E-state index contributed by atoms with van der Waals surface area (Å²) in [7, 11) is -3.37. The van der Waals surface area contributed by atoms with Crippen molar-refractivity contribution in [2.75, 3.05) is 6.61 Å². The van der Waals surface area contributed by atoms with E-state index in [1.165, 1.54) is 0 Å². The molecule has 1 aromatic carbocycles. The van der Waals surface area contributed by atoms with Gasteiger partial charge in [0.05, 0.1) is 13.0 Å². The van der Waals surface area contributed by atoms with Crippen molar-refractivity contribution in [3.63, 3.8) is 0 Å². The van der Waals surface area contributed by atoms with Crippen molar-refractivity contribution in [3.8, 4) is 0 Å². The molecule has 0 aliphatic carbocycles. The van der Waals surface area contributed by atoms with E-state index < -0.39 is 13.7 Å². The van der Waals surface area contributed by atoms with Crippen LogP contribution in [0.3, 0.4) is 0 Å².